The van der Waals surface area contributed by atoms with Gasteiger partial charge in [0.1, 0.15) is 23.0 Å². The molecule has 1 atom stereocenters. The molecular weight excluding hydrogens is 494 g/mol. The summed E-state index contributed by atoms with van der Waals surface area (Å²) < 4.78 is 17.1. The summed E-state index contributed by atoms with van der Waals surface area (Å²) >= 11 is 0. The zero-order chi connectivity index (χ0) is 28.1. The third-order valence-corrected chi connectivity index (χ3v) is 6.33. The van der Waals surface area contributed by atoms with E-state index in [9.17, 15) is 14.7 Å². The standard InChI is InChI=1S/C32H35NO6/c1-20(2)19-38-25-15-13-22(14-16-25)30(34)28-29(23-10-8-11-26(17-23)39-21(3)4)33(32(36)31(28)35)18-24-9-6-7-12-27(24)37-5/h6-17,20-21,29,34H,18-19H2,1-5H3/b30-28-. The van der Waals surface area contributed by atoms with Crippen LogP contribution in [0.3, 0.4) is 0 Å². The number of aliphatic hydroxyl groups is 1. The number of Topliss-reactive ketones (excluding diaryl/α,β-unsaturated/α-hetero) is 1. The van der Waals surface area contributed by atoms with Gasteiger partial charge in [-0.1, -0.05) is 44.2 Å². The summed E-state index contributed by atoms with van der Waals surface area (Å²) in [7, 11) is 1.56. The second-order valence-corrected chi connectivity index (χ2v) is 10.2. The van der Waals surface area contributed by atoms with E-state index in [2.05, 4.69) is 13.8 Å². The van der Waals surface area contributed by atoms with Gasteiger partial charge in [0.25, 0.3) is 11.7 Å². The normalized spacial score (nSPS) is 16.7. The van der Waals surface area contributed by atoms with Gasteiger partial charge in [-0.15, -0.1) is 0 Å². The van der Waals surface area contributed by atoms with Crippen LogP contribution in [0.2, 0.25) is 0 Å². The topological polar surface area (TPSA) is 85.3 Å². The van der Waals surface area contributed by atoms with Gasteiger partial charge in [0, 0.05) is 11.1 Å². The fourth-order valence-electron chi connectivity index (χ4n) is 4.56. The molecule has 1 fully saturated rings. The van der Waals surface area contributed by atoms with Gasteiger partial charge < -0.3 is 24.2 Å². The van der Waals surface area contributed by atoms with Gasteiger partial charge in [-0.2, -0.15) is 0 Å². The maximum Gasteiger partial charge on any atom is 0.295 e. The van der Waals surface area contributed by atoms with Gasteiger partial charge in [-0.3, -0.25) is 9.59 Å². The Morgan fingerprint density at radius 3 is 2.31 bits per heavy atom. The molecule has 0 aromatic heterocycles. The number of rotatable bonds is 10. The van der Waals surface area contributed by atoms with Crippen molar-refractivity contribution in [3.05, 3.63) is 95.1 Å². The monoisotopic (exact) mass is 529 g/mol. The number of ether oxygens (including phenoxy) is 3. The molecule has 39 heavy (non-hydrogen) atoms. The molecular formula is C32H35NO6. The highest BCUT2D eigenvalue weighted by Gasteiger charge is 2.46. The van der Waals surface area contributed by atoms with Crippen LogP contribution in [0.15, 0.2) is 78.4 Å². The van der Waals surface area contributed by atoms with E-state index >= 15 is 0 Å². The van der Waals surface area contributed by atoms with Crippen molar-refractivity contribution in [3.63, 3.8) is 0 Å². The van der Waals surface area contributed by atoms with Crippen LogP contribution in [0.1, 0.15) is 50.4 Å². The van der Waals surface area contributed by atoms with E-state index in [4.69, 9.17) is 14.2 Å². The first-order valence-electron chi connectivity index (χ1n) is 13.1. The number of hydrogen-bond donors (Lipinski definition) is 1. The Hall–Kier alpha value is -4.26. The van der Waals surface area contributed by atoms with Crippen molar-refractivity contribution in [1.29, 1.82) is 0 Å². The predicted octanol–water partition coefficient (Wildman–Crippen LogP) is 6.14. The minimum absolute atomic E-state index is 0.0208. The van der Waals surface area contributed by atoms with E-state index < -0.39 is 17.7 Å². The summed E-state index contributed by atoms with van der Waals surface area (Å²) in [6.07, 6.45) is -0.0587. The fourth-order valence-corrected chi connectivity index (χ4v) is 4.56. The van der Waals surface area contributed by atoms with Crippen LogP contribution in [0, 0.1) is 5.92 Å². The fraction of sp³-hybridized carbons (Fsp3) is 0.312. The second kappa shape index (κ2) is 12.1. The summed E-state index contributed by atoms with van der Waals surface area (Å²) in [5, 5.41) is 11.4. The van der Waals surface area contributed by atoms with E-state index in [-0.39, 0.29) is 24.0 Å². The van der Waals surface area contributed by atoms with Crippen LogP contribution in [0.5, 0.6) is 17.2 Å². The summed E-state index contributed by atoms with van der Waals surface area (Å²) in [5.74, 6) is 0.553. The van der Waals surface area contributed by atoms with Crippen molar-refractivity contribution in [3.8, 4) is 17.2 Å². The molecule has 0 radical (unpaired) electrons. The lowest BCUT2D eigenvalue weighted by atomic mass is 9.95. The number of methoxy groups -OCH3 is 1. The van der Waals surface area contributed by atoms with Crippen molar-refractivity contribution in [2.24, 2.45) is 5.92 Å². The highest BCUT2D eigenvalue weighted by Crippen LogP contribution is 2.42. The number of benzene rings is 3. The Balaban J connectivity index is 1.80. The molecule has 3 aromatic carbocycles. The Bertz CT molecular complexity index is 1360. The van der Waals surface area contributed by atoms with E-state index in [0.29, 0.717) is 40.9 Å². The summed E-state index contributed by atoms with van der Waals surface area (Å²) in [5.41, 5.74) is 1.84. The molecule has 0 aliphatic carbocycles. The van der Waals surface area contributed by atoms with Crippen LogP contribution in [0.25, 0.3) is 5.76 Å². The largest absolute Gasteiger partial charge is 0.507 e. The van der Waals surface area contributed by atoms with Gasteiger partial charge in [0.15, 0.2) is 0 Å². The predicted molar refractivity (Wildman–Crippen MR) is 150 cm³/mol. The molecule has 0 spiro atoms. The minimum atomic E-state index is -0.831. The molecule has 0 saturated carbocycles. The van der Waals surface area contributed by atoms with Crippen LogP contribution in [0.4, 0.5) is 0 Å². The molecule has 0 bridgehead atoms. The molecule has 1 heterocycles. The maximum atomic E-state index is 13.5. The van der Waals surface area contributed by atoms with Gasteiger partial charge in [0.05, 0.1) is 38.0 Å². The van der Waals surface area contributed by atoms with Gasteiger partial charge >= 0.3 is 0 Å². The van der Waals surface area contributed by atoms with Crippen LogP contribution in [-0.4, -0.2) is 41.5 Å². The second-order valence-electron chi connectivity index (χ2n) is 10.2. The molecule has 7 heteroatoms. The van der Waals surface area contributed by atoms with Crippen molar-refractivity contribution in [2.45, 2.75) is 46.4 Å². The molecule has 7 nitrogen and oxygen atoms in total. The number of ketones is 1. The average Bonchev–Trinajstić information content (AvgIpc) is 3.17. The number of para-hydroxylation sites is 1. The first kappa shape index (κ1) is 27.8. The molecule has 3 aromatic rings. The summed E-state index contributed by atoms with van der Waals surface area (Å²) in [4.78, 5) is 28.4. The number of hydrogen-bond acceptors (Lipinski definition) is 6. The minimum Gasteiger partial charge on any atom is -0.507 e. The molecule has 1 aliphatic heterocycles. The Kier molecular flexibility index (Phi) is 8.59. The number of aliphatic hydroxyl groups excluding tert-OH is 1. The lowest BCUT2D eigenvalue weighted by molar-refractivity contribution is -0.140. The van der Waals surface area contributed by atoms with Crippen molar-refractivity contribution >= 4 is 17.4 Å². The SMILES string of the molecule is COc1ccccc1CN1C(=O)C(=O)/C(=C(\O)c2ccc(OCC(C)C)cc2)C1c1cccc(OC(C)C)c1. The van der Waals surface area contributed by atoms with Gasteiger partial charge in [-0.05, 0) is 67.8 Å². The molecule has 204 valence electrons. The van der Waals surface area contributed by atoms with Crippen molar-refractivity contribution < 1.29 is 28.9 Å². The smallest absolute Gasteiger partial charge is 0.295 e. The third kappa shape index (κ3) is 6.25. The summed E-state index contributed by atoms with van der Waals surface area (Å²) in [6.45, 7) is 8.66. The van der Waals surface area contributed by atoms with Gasteiger partial charge in [0.2, 0.25) is 0 Å². The summed E-state index contributed by atoms with van der Waals surface area (Å²) in [6, 6.07) is 20.7. The first-order valence-corrected chi connectivity index (χ1v) is 13.1. The zero-order valence-corrected chi connectivity index (χ0v) is 23.0. The molecule has 1 N–H and O–H groups in total. The van der Waals surface area contributed by atoms with Crippen LogP contribution in [-0.2, 0) is 16.1 Å². The maximum absolute atomic E-state index is 13.5. The Morgan fingerprint density at radius 1 is 0.923 bits per heavy atom. The van der Waals surface area contributed by atoms with Gasteiger partial charge in [-0.25, -0.2) is 0 Å². The quantitative estimate of drug-likeness (QED) is 0.193. The number of carbonyl (C=O) groups excluding carboxylic acids is 2. The third-order valence-electron chi connectivity index (χ3n) is 6.33. The highest BCUT2D eigenvalue weighted by molar-refractivity contribution is 6.46. The Morgan fingerprint density at radius 2 is 1.64 bits per heavy atom. The first-order chi connectivity index (χ1) is 18.7. The lowest BCUT2D eigenvalue weighted by Crippen LogP contribution is -2.29. The number of amides is 1. The lowest BCUT2D eigenvalue weighted by Gasteiger charge is -2.26. The number of likely N-dealkylation sites (tertiary alicyclic amines) is 1. The van der Waals surface area contributed by atoms with E-state index in [0.717, 1.165) is 5.56 Å². The average molecular weight is 530 g/mol. The molecule has 1 saturated heterocycles. The number of nitrogens with zero attached hydrogens (tertiary/aromatic N) is 1. The molecule has 1 aliphatic rings. The molecule has 1 amide bonds. The van der Waals surface area contributed by atoms with E-state index in [1.54, 1.807) is 37.4 Å². The van der Waals surface area contributed by atoms with E-state index in [1.165, 1.54) is 4.90 Å². The molecule has 1 unspecified atom stereocenters. The van der Waals surface area contributed by atoms with E-state index in [1.807, 2.05) is 56.3 Å². The van der Waals surface area contributed by atoms with Crippen LogP contribution < -0.4 is 14.2 Å². The van der Waals surface area contributed by atoms with Crippen molar-refractivity contribution in [2.75, 3.05) is 13.7 Å². The zero-order valence-electron chi connectivity index (χ0n) is 23.0. The Labute approximate surface area is 229 Å². The number of carbonyl (C=O) groups is 2. The van der Waals surface area contributed by atoms with Crippen LogP contribution >= 0.6 is 0 Å². The highest BCUT2D eigenvalue weighted by atomic mass is 16.5. The van der Waals surface area contributed by atoms with Crippen molar-refractivity contribution in [1.82, 2.24) is 4.90 Å². The molecule has 4 rings (SSSR count).